The predicted molar refractivity (Wildman–Crippen MR) is 65.2 cm³/mol. The fourth-order valence-electron chi connectivity index (χ4n) is 1.81. The third kappa shape index (κ3) is 2.48. The average Bonchev–Trinajstić information content (AvgIpc) is 2.33. The van der Waals surface area contributed by atoms with Crippen molar-refractivity contribution in [2.24, 2.45) is 0 Å². The minimum absolute atomic E-state index is 0.0484. The Morgan fingerprint density at radius 3 is 2.29 bits per heavy atom. The van der Waals surface area contributed by atoms with E-state index < -0.39 is 17.0 Å². The fourth-order valence-corrected chi connectivity index (χ4v) is 1.81. The summed E-state index contributed by atoms with van der Waals surface area (Å²) < 4.78 is 27.5. The third-order valence-corrected chi connectivity index (χ3v) is 2.89. The van der Waals surface area contributed by atoms with Gasteiger partial charge in [-0.15, -0.1) is 18.3 Å². The fraction of sp³-hybridized carbons (Fsp3) is 0.333. The lowest BCUT2D eigenvalue weighted by Gasteiger charge is -2.26. The second-order valence-electron chi connectivity index (χ2n) is 3.78. The van der Waals surface area contributed by atoms with Crippen LogP contribution in [-0.4, -0.2) is 0 Å². The lowest BCUT2D eigenvalue weighted by atomic mass is 9.76. The van der Waals surface area contributed by atoms with Crippen molar-refractivity contribution in [1.82, 2.24) is 0 Å². The summed E-state index contributed by atoms with van der Waals surface area (Å²) in [6, 6.07) is 3.77. The maximum atomic E-state index is 13.8. The van der Waals surface area contributed by atoms with E-state index in [1.165, 1.54) is 18.2 Å². The number of rotatable bonds is 3. The topological polar surface area (TPSA) is 0 Å². The van der Waals surface area contributed by atoms with Gasteiger partial charge in [0.05, 0.1) is 5.41 Å². The van der Waals surface area contributed by atoms with Gasteiger partial charge < -0.3 is 0 Å². The Morgan fingerprint density at radius 2 is 1.88 bits per heavy atom. The number of hydrogen-bond acceptors (Lipinski definition) is 0. The van der Waals surface area contributed by atoms with E-state index in [-0.39, 0.29) is 12.0 Å². The summed E-state index contributed by atoms with van der Waals surface area (Å²) in [5.41, 5.74) is -1.04. The highest BCUT2D eigenvalue weighted by molar-refractivity contribution is 5.38. The Hall–Kier alpha value is -1.80. The first kappa shape index (κ1) is 13.3. The standard InChI is InChI=1S/C15H14F2/c1-4-7-11-15(5-2,6-3)14-12(16)9-8-10-13(14)17/h2,8-10H,6,11H2,1,3H3. The molecule has 0 aliphatic rings. The molecule has 0 aliphatic carbocycles. The van der Waals surface area contributed by atoms with E-state index in [0.29, 0.717) is 6.42 Å². The molecule has 0 radical (unpaired) electrons. The van der Waals surface area contributed by atoms with E-state index >= 15 is 0 Å². The highest BCUT2D eigenvalue weighted by Gasteiger charge is 2.33. The van der Waals surface area contributed by atoms with Crippen LogP contribution in [0.2, 0.25) is 0 Å². The first-order valence-corrected chi connectivity index (χ1v) is 5.43. The van der Waals surface area contributed by atoms with Crippen LogP contribution in [0.1, 0.15) is 32.3 Å². The molecule has 0 aliphatic heterocycles. The smallest absolute Gasteiger partial charge is 0.130 e. The predicted octanol–water partition coefficient (Wildman–Crippen LogP) is 3.66. The minimum Gasteiger partial charge on any atom is -0.207 e. The lowest BCUT2D eigenvalue weighted by Crippen LogP contribution is -2.25. The molecule has 1 unspecified atom stereocenters. The molecule has 0 nitrogen and oxygen atoms in total. The van der Waals surface area contributed by atoms with E-state index in [0.717, 1.165) is 0 Å². The molecule has 0 N–H and O–H groups in total. The van der Waals surface area contributed by atoms with Crippen molar-refractivity contribution in [3.63, 3.8) is 0 Å². The summed E-state index contributed by atoms with van der Waals surface area (Å²) >= 11 is 0. The second-order valence-corrected chi connectivity index (χ2v) is 3.78. The zero-order chi connectivity index (χ0) is 12.9. The van der Waals surface area contributed by atoms with Crippen molar-refractivity contribution < 1.29 is 8.78 Å². The normalized spacial score (nSPS) is 13.1. The van der Waals surface area contributed by atoms with Gasteiger partial charge in [-0.25, -0.2) is 8.78 Å². The van der Waals surface area contributed by atoms with Crippen LogP contribution in [0.3, 0.4) is 0 Å². The van der Waals surface area contributed by atoms with Crippen molar-refractivity contribution in [2.75, 3.05) is 0 Å². The Morgan fingerprint density at radius 1 is 1.29 bits per heavy atom. The molecule has 1 rings (SSSR count). The van der Waals surface area contributed by atoms with Gasteiger partial charge >= 0.3 is 0 Å². The van der Waals surface area contributed by atoms with Gasteiger partial charge in [-0.1, -0.05) is 18.9 Å². The number of hydrogen-bond donors (Lipinski definition) is 0. The van der Waals surface area contributed by atoms with Crippen LogP contribution in [0.25, 0.3) is 0 Å². The highest BCUT2D eigenvalue weighted by Crippen LogP contribution is 2.34. The first-order valence-electron chi connectivity index (χ1n) is 5.43. The van der Waals surface area contributed by atoms with Crippen molar-refractivity contribution in [3.8, 4) is 24.2 Å². The van der Waals surface area contributed by atoms with Crippen molar-refractivity contribution in [3.05, 3.63) is 35.4 Å². The van der Waals surface area contributed by atoms with E-state index in [2.05, 4.69) is 17.8 Å². The Bertz CT molecular complexity index is 480. The van der Waals surface area contributed by atoms with E-state index in [4.69, 9.17) is 6.42 Å². The lowest BCUT2D eigenvalue weighted by molar-refractivity contribution is 0.463. The molecule has 0 saturated carbocycles. The molecule has 0 heterocycles. The van der Waals surface area contributed by atoms with Gasteiger partial charge in [0.1, 0.15) is 11.6 Å². The molecule has 0 amide bonds. The SMILES string of the molecule is C#CC(CC)(CC#CC)c1c(F)cccc1F. The third-order valence-electron chi connectivity index (χ3n) is 2.89. The van der Waals surface area contributed by atoms with E-state index in [9.17, 15) is 8.78 Å². The Balaban J connectivity index is 3.41. The van der Waals surface area contributed by atoms with Crippen molar-refractivity contribution >= 4 is 0 Å². The summed E-state index contributed by atoms with van der Waals surface area (Å²) in [6.45, 7) is 3.48. The van der Waals surface area contributed by atoms with Crippen LogP contribution in [0.15, 0.2) is 18.2 Å². The summed E-state index contributed by atoms with van der Waals surface area (Å²) in [6.07, 6.45) is 6.18. The van der Waals surface area contributed by atoms with Crippen molar-refractivity contribution in [2.45, 2.75) is 32.1 Å². The molecule has 17 heavy (non-hydrogen) atoms. The summed E-state index contributed by atoms with van der Waals surface area (Å²) in [4.78, 5) is 0. The molecule has 0 saturated heterocycles. The van der Waals surface area contributed by atoms with E-state index in [1.807, 2.05) is 6.92 Å². The molecule has 0 aromatic heterocycles. The Kier molecular flexibility index (Phi) is 4.30. The molecule has 1 atom stereocenters. The highest BCUT2D eigenvalue weighted by atomic mass is 19.1. The van der Waals surface area contributed by atoms with Crippen LogP contribution in [0.5, 0.6) is 0 Å². The van der Waals surface area contributed by atoms with Crippen LogP contribution in [-0.2, 0) is 5.41 Å². The zero-order valence-electron chi connectivity index (χ0n) is 9.98. The summed E-state index contributed by atoms with van der Waals surface area (Å²) in [7, 11) is 0. The van der Waals surface area contributed by atoms with Crippen LogP contribution < -0.4 is 0 Å². The van der Waals surface area contributed by atoms with Gasteiger partial charge in [-0.3, -0.25) is 0 Å². The monoisotopic (exact) mass is 232 g/mol. The number of terminal acetylenes is 1. The largest absolute Gasteiger partial charge is 0.207 e. The zero-order valence-corrected chi connectivity index (χ0v) is 9.98. The maximum absolute atomic E-state index is 13.8. The Labute approximate surface area is 101 Å². The molecule has 1 aromatic carbocycles. The van der Waals surface area contributed by atoms with Crippen LogP contribution in [0.4, 0.5) is 8.78 Å². The molecular formula is C15H14F2. The first-order chi connectivity index (χ1) is 8.11. The summed E-state index contributed by atoms with van der Waals surface area (Å²) in [5.74, 6) is 6.83. The quantitative estimate of drug-likeness (QED) is 0.698. The molecule has 88 valence electrons. The number of halogens is 2. The van der Waals surface area contributed by atoms with E-state index in [1.54, 1.807) is 6.92 Å². The molecule has 1 aromatic rings. The van der Waals surface area contributed by atoms with Gasteiger partial charge in [0.25, 0.3) is 0 Å². The van der Waals surface area contributed by atoms with Gasteiger partial charge in [-0.2, -0.15) is 0 Å². The van der Waals surface area contributed by atoms with Gasteiger partial charge in [-0.05, 0) is 25.5 Å². The molecule has 0 bridgehead atoms. The molecular weight excluding hydrogens is 218 g/mol. The second kappa shape index (κ2) is 5.51. The number of benzene rings is 1. The molecule has 0 fully saturated rings. The average molecular weight is 232 g/mol. The summed E-state index contributed by atoms with van der Waals surface area (Å²) in [5, 5.41) is 0. The maximum Gasteiger partial charge on any atom is 0.130 e. The molecule has 2 heteroatoms. The van der Waals surface area contributed by atoms with Gasteiger partial charge in [0.2, 0.25) is 0 Å². The molecule has 0 spiro atoms. The van der Waals surface area contributed by atoms with Gasteiger partial charge in [0.15, 0.2) is 0 Å². The van der Waals surface area contributed by atoms with Gasteiger partial charge in [0, 0.05) is 12.0 Å². The van der Waals surface area contributed by atoms with Crippen molar-refractivity contribution in [1.29, 1.82) is 0 Å². The van der Waals surface area contributed by atoms with Crippen LogP contribution in [0, 0.1) is 35.8 Å². The minimum atomic E-state index is -0.988. The van der Waals surface area contributed by atoms with Crippen LogP contribution >= 0.6 is 0 Å².